The van der Waals surface area contributed by atoms with Crippen molar-refractivity contribution in [3.63, 3.8) is 0 Å². The SMILES string of the molecule is COc1ccc(C2CC(c3cccs3)=NN2C(=O)COc2ccccc2C)cc1OC. The summed E-state index contributed by atoms with van der Waals surface area (Å²) in [5.41, 5.74) is 2.80. The van der Waals surface area contributed by atoms with Gasteiger partial charge in [0.25, 0.3) is 5.91 Å². The average Bonchev–Trinajstić information content (AvgIpc) is 3.48. The van der Waals surface area contributed by atoms with Crippen molar-refractivity contribution in [2.24, 2.45) is 5.10 Å². The molecule has 1 unspecified atom stereocenters. The molecule has 1 atom stereocenters. The molecule has 31 heavy (non-hydrogen) atoms. The van der Waals surface area contributed by atoms with E-state index < -0.39 is 0 Å². The van der Waals surface area contributed by atoms with Gasteiger partial charge in [-0.1, -0.05) is 30.3 Å². The molecule has 0 saturated heterocycles. The van der Waals surface area contributed by atoms with E-state index in [1.54, 1.807) is 25.6 Å². The van der Waals surface area contributed by atoms with E-state index in [9.17, 15) is 4.79 Å². The number of hydrazone groups is 1. The van der Waals surface area contributed by atoms with Gasteiger partial charge in [0.05, 0.1) is 30.9 Å². The number of benzene rings is 2. The van der Waals surface area contributed by atoms with Crippen LogP contribution in [0, 0.1) is 6.92 Å². The fourth-order valence-corrected chi connectivity index (χ4v) is 4.30. The van der Waals surface area contributed by atoms with Crippen molar-refractivity contribution in [2.45, 2.75) is 19.4 Å². The monoisotopic (exact) mass is 436 g/mol. The zero-order valence-electron chi connectivity index (χ0n) is 17.7. The predicted octanol–water partition coefficient (Wildman–Crippen LogP) is 4.83. The highest BCUT2D eigenvalue weighted by molar-refractivity contribution is 7.12. The van der Waals surface area contributed by atoms with Crippen molar-refractivity contribution in [2.75, 3.05) is 20.8 Å². The van der Waals surface area contributed by atoms with Crippen LogP contribution in [0.2, 0.25) is 0 Å². The number of ether oxygens (including phenoxy) is 3. The highest BCUT2D eigenvalue weighted by Gasteiger charge is 2.34. The molecule has 0 N–H and O–H groups in total. The minimum absolute atomic E-state index is 0.0874. The number of aryl methyl sites for hydroxylation is 1. The molecular weight excluding hydrogens is 412 g/mol. The summed E-state index contributed by atoms with van der Waals surface area (Å²) >= 11 is 1.61. The molecule has 3 aromatic rings. The van der Waals surface area contributed by atoms with E-state index in [0.29, 0.717) is 23.7 Å². The second kappa shape index (κ2) is 9.22. The van der Waals surface area contributed by atoms with Gasteiger partial charge >= 0.3 is 0 Å². The minimum atomic E-state index is -0.245. The highest BCUT2D eigenvalue weighted by Crippen LogP contribution is 2.38. The summed E-state index contributed by atoms with van der Waals surface area (Å²) in [6.45, 7) is 1.87. The first-order chi connectivity index (χ1) is 15.1. The highest BCUT2D eigenvalue weighted by atomic mass is 32.1. The largest absolute Gasteiger partial charge is 0.493 e. The summed E-state index contributed by atoms with van der Waals surface area (Å²) < 4.78 is 16.6. The Bertz CT molecular complexity index is 1090. The number of para-hydroxylation sites is 1. The third-order valence-electron chi connectivity index (χ3n) is 5.21. The van der Waals surface area contributed by atoms with E-state index in [1.807, 2.05) is 66.9 Å². The number of nitrogens with zero attached hydrogens (tertiary/aromatic N) is 2. The Balaban J connectivity index is 1.61. The van der Waals surface area contributed by atoms with Gasteiger partial charge < -0.3 is 14.2 Å². The van der Waals surface area contributed by atoms with Crippen LogP contribution in [0.25, 0.3) is 0 Å². The Labute approximate surface area is 185 Å². The number of hydrogen-bond donors (Lipinski definition) is 0. The summed E-state index contributed by atoms with van der Waals surface area (Å²) in [6.07, 6.45) is 0.617. The number of methoxy groups -OCH3 is 2. The zero-order valence-corrected chi connectivity index (χ0v) is 18.5. The topological polar surface area (TPSA) is 60.4 Å². The van der Waals surface area contributed by atoms with Crippen LogP contribution < -0.4 is 14.2 Å². The summed E-state index contributed by atoms with van der Waals surface area (Å²) in [5.74, 6) is 1.76. The van der Waals surface area contributed by atoms with Crippen molar-refractivity contribution in [3.8, 4) is 17.2 Å². The third kappa shape index (κ3) is 4.41. The third-order valence-corrected chi connectivity index (χ3v) is 6.13. The van der Waals surface area contributed by atoms with Gasteiger partial charge in [-0.05, 0) is 47.7 Å². The van der Waals surface area contributed by atoms with Gasteiger partial charge in [0.2, 0.25) is 0 Å². The molecule has 0 radical (unpaired) electrons. The molecule has 160 valence electrons. The van der Waals surface area contributed by atoms with Crippen LogP contribution in [0.4, 0.5) is 0 Å². The molecule has 2 aromatic carbocycles. The van der Waals surface area contributed by atoms with Crippen molar-refractivity contribution >= 4 is 23.0 Å². The van der Waals surface area contributed by atoms with Crippen molar-refractivity contribution < 1.29 is 19.0 Å². The van der Waals surface area contributed by atoms with E-state index >= 15 is 0 Å². The number of carbonyl (C=O) groups excluding carboxylic acids is 1. The molecule has 2 heterocycles. The van der Waals surface area contributed by atoms with Crippen LogP contribution in [0.5, 0.6) is 17.2 Å². The van der Waals surface area contributed by atoms with Crippen molar-refractivity contribution in [1.82, 2.24) is 5.01 Å². The lowest BCUT2D eigenvalue weighted by atomic mass is 10.0. The number of carbonyl (C=O) groups is 1. The molecule has 1 aromatic heterocycles. The predicted molar refractivity (Wildman–Crippen MR) is 121 cm³/mol. The number of thiophene rings is 1. The van der Waals surface area contributed by atoms with Crippen molar-refractivity contribution in [1.29, 1.82) is 0 Å². The molecule has 0 saturated carbocycles. The van der Waals surface area contributed by atoms with E-state index in [0.717, 1.165) is 21.7 Å². The molecule has 1 aliphatic heterocycles. The number of amides is 1. The lowest BCUT2D eigenvalue weighted by molar-refractivity contribution is -0.135. The fraction of sp³-hybridized carbons (Fsp3) is 0.250. The maximum atomic E-state index is 13.1. The first kappa shape index (κ1) is 20.9. The van der Waals surface area contributed by atoms with Gasteiger partial charge in [-0.15, -0.1) is 11.3 Å². The van der Waals surface area contributed by atoms with Crippen LogP contribution in [0.15, 0.2) is 65.1 Å². The Morgan fingerprint density at radius 2 is 1.87 bits per heavy atom. The van der Waals surface area contributed by atoms with Crippen LogP contribution in [0.1, 0.15) is 28.5 Å². The van der Waals surface area contributed by atoms with Gasteiger partial charge in [-0.3, -0.25) is 4.79 Å². The van der Waals surface area contributed by atoms with Crippen molar-refractivity contribution in [3.05, 3.63) is 76.0 Å². The van der Waals surface area contributed by atoms with E-state index in [4.69, 9.17) is 14.2 Å². The van der Waals surface area contributed by atoms with E-state index in [2.05, 4.69) is 5.10 Å². The Morgan fingerprint density at radius 3 is 2.58 bits per heavy atom. The lowest BCUT2D eigenvalue weighted by Crippen LogP contribution is -2.31. The summed E-state index contributed by atoms with van der Waals surface area (Å²) in [7, 11) is 3.20. The maximum absolute atomic E-state index is 13.1. The first-order valence-corrected chi connectivity index (χ1v) is 10.8. The smallest absolute Gasteiger partial charge is 0.281 e. The van der Waals surface area contributed by atoms with Crippen LogP contribution in [-0.2, 0) is 4.79 Å². The standard InChI is InChI=1S/C24H24N2O4S/c1-16-7-4-5-8-20(16)30-15-24(27)26-19(14-18(25-26)23-9-6-12-31-23)17-10-11-21(28-2)22(13-17)29-3/h4-13,19H,14-15H2,1-3H3. The molecule has 7 heteroatoms. The van der Waals surface area contributed by atoms with Crippen LogP contribution >= 0.6 is 11.3 Å². The molecule has 0 bridgehead atoms. The summed E-state index contributed by atoms with van der Waals surface area (Å²) in [5, 5.41) is 8.23. The Morgan fingerprint density at radius 1 is 1.06 bits per heavy atom. The summed E-state index contributed by atoms with van der Waals surface area (Å²) in [4.78, 5) is 14.2. The quantitative estimate of drug-likeness (QED) is 0.532. The molecule has 0 spiro atoms. The van der Waals surface area contributed by atoms with E-state index in [-0.39, 0.29) is 18.6 Å². The molecule has 1 aliphatic rings. The first-order valence-electron chi connectivity index (χ1n) is 9.94. The summed E-state index contributed by atoms with van der Waals surface area (Å²) in [6, 6.07) is 17.1. The molecule has 4 rings (SSSR count). The Hall–Kier alpha value is -3.32. The number of rotatable bonds is 7. The van der Waals surface area contributed by atoms with Gasteiger partial charge in [0.15, 0.2) is 18.1 Å². The molecule has 0 aliphatic carbocycles. The second-order valence-electron chi connectivity index (χ2n) is 7.15. The molecule has 0 fully saturated rings. The van der Waals surface area contributed by atoms with Crippen LogP contribution in [0.3, 0.4) is 0 Å². The average molecular weight is 437 g/mol. The van der Waals surface area contributed by atoms with Gasteiger partial charge in [-0.2, -0.15) is 5.10 Å². The maximum Gasteiger partial charge on any atom is 0.281 e. The molecular formula is C24H24N2O4S. The normalized spacial score (nSPS) is 15.5. The van der Waals surface area contributed by atoms with Gasteiger partial charge in [0.1, 0.15) is 5.75 Å². The zero-order chi connectivity index (χ0) is 21.8. The molecule has 6 nitrogen and oxygen atoms in total. The fourth-order valence-electron chi connectivity index (χ4n) is 3.58. The number of hydrogen-bond acceptors (Lipinski definition) is 6. The van der Waals surface area contributed by atoms with Gasteiger partial charge in [-0.25, -0.2) is 5.01 Å². The molecule has 1 amide bonds. The van der Waals surface area contributed by atoms with Crippen LogP contribution in [-0.4, -0.2) is 37.5 Å². The lowest BCUT2D eigenvalue weighted by Gasteiger charge is -2.23. The second-order valence-corrected chi connectivity index (χ2v) is 8.10. The Kier molecular flexibility index (Phi) is 6.23. The van der Waals surface area contributed by atoms with Gasteiger partial charge in [0, 0.05) is 6.42 Å². The minimum Gasteiger partial charge on any atom is -0.493 e. The van der Waals surface area contributed by atoms with E-state index in [1.165, 1.54) is 5.01 Å².